The molecule has 0 fully saturated rings. The molecule has 0 saturated heterocycles. The third kappa shape index (κ3) is 5.06. The lowest BCUT2D eigenvalue weighted by atomic mass is 9.98. The van der Waals surface area contributed by atoms with Gasteiger partial charge in [-0.05, 0) is 55.2 Å². The Morgan fingerprint density at radius 1 is 0.882 bits per heavy atom. The summed E-state index contributed by atoms with van der Waals surface area (Å²) in [5.41, 5.74) is 4.38. The predicted molar refractivity (Wildman–Crippen MR) is 131 cm³/mol. The van der Waals surface area contributed by atoms with Crippen LogP contribution >= 0.6 is 0 Å². The van der Waals surface area contributed by atoms with Gasteiger partial charge in [-0.2, -0.15) is 0 Å². The zero-order valence-electron chi connectivity index (χ0n) is 19.9. The Morgan fingerprint density at radius 2 is 1.50 bits per heavy atom. The van der Waals surface area contributed by atoms with Gasteiger partial charge in [0.05, 0.1) is 5.69 Å². The van der Waals surface area contributed by atoms with Crippen LogP contribution in [-0.2, 0) is 9.53 Å². The maximum absolute atomic E-state index is 12.8. The highest BCUT2D eigenvalue weighted by atomic mass is 16.6. The van der Waals surface area contributed by atoms with Crippen LogP contribution in [0.2, 0.25) is 0 Å². The lowest BCUT2D eigenvalue weighted by Crippen LogP contribution is -2.24. The van der Waals surface area contributed by atoms with Gasteiger partial charge in [-0.3, -0.25) is 10.1 Å². The number of fused-ring (bicyclic) bond motifs is 3. The van der Waals surface area contributed by atoms with Crippen molar-refractivity contribution < 1.29 is 23.8 Å². The van der Waals surface area contributed by atoms with Crippen molar-refractivity contribution in [2.75, 3.05) is 11.9 Å². The van der Waals surface area contributed by atoms with E-state index in [9.17, 15) is 9.59 Å². The van der Waals surface area contributed by atoms with Gasteiger partial charge in [0, 0.05) is 12.3 Å². The maximum atomic E-state index is 12.8. The average molecular weight is 460 g/mol. The topological polar surface area (TPSA) is 73.9 Å². The van der Waals surface area contributed by atoms with Gasteiger partial charge in [-0.15, -0.1) is 0 Å². The molecule has 0 spiro atoms. The third-order valence-corrected chi connectivity index (χ3v) is 5.48. The van der Waals surface area contributed by atoms with Crippen molar-refractivity contribution in [3.8, 4) is 22.6 Å². The molecule has 4 rings (SSSR count). The number of amides is 1. The predicted octanol–water partition coefficient (Wildman–Crippen LogP) is 6.54. The number of carbonyl (C=O) groups is 2. The Kier molecular flexibility index (Phi) is 6.59. The minimum Gasteiger partial charge on any atom is -0.484 e. The largest absolute Gasteiger partial charge is 0.484 e. The molecule has 1 N–H and O–H groups in total. The van der Waals surface area contributed by atoms with Crippen LogP contribution in [0.5, 0.6) is 11.5 Å². The van der Waals surface area contributed by atoms with Gasteiger partial charge >= 0.3 is 12.1 Å². The molecule has 0 aliphatic heterocycles. The minimum absolute atomic E-state index is 0.0499. The van der Waals surface area contributed by atoms with Crippen LogP contribution < -0.4 is 14.8 Å². The molecule has 0 atom stereocenters. The van der Waals surface area contributed by atoms with Crippen LogP contribution in [0.15, 0.2) is 66.7 Å². The van der Waals surface area contributed by atoms with E-state index in [0.29, 0.717) is 11.4 Å². The van der Waals surface area contributed by atoms with Gasteiger partial charge in [-0.1, -0.05) is 61.5 Å². The number of hydrogen-bond acceptors (Lipinski definition) is 5. The van der Waals surface area contributed by atoms with E-state index in [-0.39, 0.29) is 24.7 Å². The third-order valence-electron chi connectivity index (χ3n) is 5.48. The Bertz CT molecular complexity index is 1170. The first-order valence-corrected chi connectivity index (χ1v) is 11.4. The maximum Gasteiger partial charge on any atom is 0.411 e. The molecule has 0 aromatic heterocycles. The number of esters is 1. The molecule has 3 aromatic rings. The van der Waals surface area contributed by atoms with E-state index in [1.165, 1.54) is 0 Å². The fraction of sp³-hybridized carbons (Fsp3) is 0.286. The number of rotatable bonds is 6. The fourth-order valence-electron chi connectivity index (χ4n) is 4.06. The smallest absolute Gasteiger partial charge is 0.411 e. The molecule has 1 aliphatic rings. The highest BCUT2D eigenvalue weighted by Crippen LogP contribution is 2.44. The van der Waals surface area contributed by atoms with Crippen LogP contribution in [-0.4, -0.2) is 24.3 Å². The molecule has 0 radical (unpaired) electrons. The van der Waals surface area contributed by atoms with E-state index in [1.54, 1.807) is 25.1 Å². The number of para-hydroxylation sites is 1. The van der Waals surface area contributed by atoms with Gasteiger partial charge in [-0.25, -0.2) is 4.79 Å². The lowest BCUT2D eigenvalue weighted by molar-refractivity contribution is -0.134. The number of anilines is 1. The highest BCUT2D eigenvalue weighted by Gasteiger charge is 2.29. The number of benzene rings is 3. The van der Waals surface area contributed by atoms with Crippen molar-refractivity contribution in [1.29, 1.82) is 0 Å². The van der Waals surface area contributed by atoms with E-state index >= 15 is 0 Å². The zero-order chi connectivity index (χ0) is 24.3. The number of ether oxygens (including phenoxy) is 3. The van der Waals surface area contributed by atoms with E-state index in [1.807, 2.05) is 45.0 Å². The second-order valence-corrected chi connectivity index (χ2v) is 9.13. The standard InChI is InChI=1S/C28H29NO5/c1-5-25(30)33-26-23(15-10-16-24(26)34-28(2,3)4)29-27(31)32-17-22-20-13-8-6-11-18(20)19-12-7-9-14-21(19)22/h6-16,22H,5,17H2,1-4H3,(H,29,31). The molecular weight excluding hydrogens is 430 g/mol. The quantitative estimate of drug-likeness (QED) is 0.335. The first kappa shape index (κ1) is 23.4. The molecule has 1 aliphatic carbocycles. The lowest BCUT2D eigenvalue weighted by Gasteiger charge is -2.24. The summed E-state index contributed by atoms with van der Waals surface area (Å²) in [4.78, 5) is 24.8. The Hall–Kier alpha value is -3.80. The van der Waals surface area contributed by atoms with Gasteiger partial charge in [0.25, 0.3) is 0 Å². The molecular formula is C28H29NO5. The van der Waals surface area contributed by atoms with Crippen LogP contribution in [0.4, 0.5) is 10.5 Å². The molecule has 176 valence electrons. The SMILES string of the molecule is CCC(=O)Oc1c(NC(=O)OCC2c3ccccc3-c3ccccc32)cccc1OC(C)(C)C. The second kappa shape index (κ2) is 9.59. The first-order chi connectivity index (χ1) is 16.3. The molecule has 6 nitrogen and oxygen atoms in total. The van der Waals surface area contributed by atoms with Crippen LogP contribution in [0.1, 0.15) is 51.2 Å². The minimum atomic E-state index is -0.636. The van der Waals surface area contributed by atoms with Gasteiger partial charge in [0.1, 0.15) is 12.2 Å². The van der Waals surface area contributed by atoms with Crippen molar-refractivity contribution in [3.63, 3.8) is 0 Å². The molecule has 0 saturated carbocycles. The van der Waals surface area contributed by atoms with Gasteiger partial charge in [0.2, 0.25) is 0 Å². The fourth-order valence-corrected chi connectivity index (χ4v) is 4.06. The molecule has 1 amide bonds. The Labute approximate surface area is 199 Å². The number of carbonyl (C=O) groups excluding carboxylic acids is 2. The molecule has 34 heavy (non-hydrogen) atoms. The highest BCUT2D eigenvalue weighted by molar-refractivity contribution is 5.89. The normalized spacial score (nSPS) is 12.5. The second-order valence-electron chi connectivity index (χ2n) is 9.13. The van der Waals surface area contributed by atoms with Crippen LogP contribution in [0, 0.1) is 0 Å². The molecule has 3 aromatic carbocycles. The molecule has 0 heterocycles. The van der Waals surface area contributed by atoms with E-state index < -0.39 is 17.7 Å². The summed E-state index contributed by atoms with van der Waals surface area (Å²) < 4.78 is 17.1. The number of hydrogen-bond donors (Lipinski definition) is 1. The monoisotopic (exact) mass is 459 g/mol. The number of nitrogens with one attached hydrogen (secondary N) is 1. The van der Waals surface area contributed by atoms with Crippen LogP contribution in [0.25, 0.3) is 11.1 Å². The van der Waals surface area contributed by atoms with Crippen molar-refractivity contribution in [2.45, 2.75) is 45.6 Å². The van der Waals surface area contributed by atoms with Crippen molar-refractivity contribution in [3.05, 3.63) is 77.9 Å². The van der Waals surface area contributed by atoms with Crippen molar-refractivity contribution in [2.24, 2.45) is 0 Å². The van der Waals surface area contributed by atoms with Crippen molar-refractivity contribution >= 4 is 17.7 Å². The summed E-state index contributed by atoms with van der Waals surface area (Å²) in [7, 11) is 0. The summed E-state index contributed by atoms with van der Waals surface area (Å²) in [6.07, 6.45) is -0.447. The summed E-state index contributed by atoms with van der Waals surface area (Å²) in [5, 5.41) is 2.72. The van der Waals surface area contributed by atoms with Gasteiger partial charge < -0.3 is 14.2 Å². The van der Waals surface area contributed by atoms with E-state index in [4.69, 9.17) is 14.2 Å². The zero-order valence-corrected chi connectivity index (χ0v) is 19.9. The Morgan fingerprint density at radius 3 is 2.09 bits per heavy atom. The van der Waals surface area contributed by atoms with E-state index in [2.05, 4.69) is 29.6 Å². The van der Waals surface area contributed by atoms with E-state index in [0.717, 1.165) is 22.3 Å². The average Bonchev–Trinajstić information content (AvgIpc) is 3.12. The molecule has 6 heteroatoms. The molecule has 0 bridgehead atoms. The van der Waals surface area contributed by atoms with Crippen LogP contribution in [0.3, 0.4) is 0 Å². The van der Waals surface area contributed by atoms with Crippen molar-refractivity contribution in [1.82, 2.24) is 0 Å². The summed E-state index contributed by atoms with van der Waals surface area (Å²) in [5.74, 6) is 0.0511. The molecule has 0 unspecified atom stereocenters. The summed E-state index contributed by atoms with van der Waals surface area (Å²) in [6.45, 7) is 7.56. The summed E-state index contributed by atoms with van der Waals surface area (Å²) >= 11 is 0. The summed E-state index contributed by atoms with van der Waals surface area (Å²) in [6, 6.07) is 21.4. The Balaban J connectivity index is 1.52. The van der Waals surface area contributed by atoms with Gasteiger partial charge in [0.15, 0.2) is 11.5 Å². The first-order valence-electron chi connectivity index (χ1n) is 11.4.